The number of anilines is 2. The van der Waals surface area contributed by atoms with Gasteiger partial charge in [-0.15, -0.1) is 0 Å². The highest BCUT2D eigenvalue weighted by molar-refractivity contribution is 6.30. The van der Waals surface area contributed by atoms with Gasteiger partial charge in [0.25, 0.3) is 11.8 Å². The Morgan fingerprint density at radius 3 is 2.47 bits per heavy atom. The topological polar surface area (TPSA) is 91.2 Å². The van der Waals surface area contributed by atoms with Crippen molar-refractivity contribution >= 4 is 40.9 Å². The number of ether oxygens (including phenoxy) is 1. The second-order valence-electron chi connectivity index (χ2n) is 6.49. The third-order valence-electron chi connectivity index (χ3n) is 4.18. The number of nitrogens with one attached hydrogen (secondary N) is 2. The Labute approximate surface area is 188 Å². The molecule has 2 amide bonds. The molecule has 2 N–H and O–H groups in total. The first-order chi connectivity index (χ1) is 15.5. The van der Waals surface area contributed by atoms with Crippen molar-refractivity contribution in [3.8, 4) is 11.8 Å². The molecule has 0 saturated heterocycles. The predicted octanol–water partition coefficient (Wildman–Crippen LogP) is 5.04. The molecule has 3 rings (SSSR count). The van der Waals surface area contributed by atoms with E-state index in [-0.39, 0.29) is 17.0 Å². The first kappa shape index (κ1) is 22.5. The molecular weight excluding hydrogens is 433 g/mol. The molecule has 32 heavy (non-hydrogen) atoms. The molecule has 0 aliphatic carbocycles. The number of rotatable bonds is 7. The van der Waals surface area contributed by atoms with Crippen LogP contribution in [0.15, 0.2) is 78.4 Å². The molecule has 8 heteroatoms. The lowest BCUT2D eigenvalue weighted by Crippen LogP contribution is -2.21. The van der Waals surface area contributed by atoms with Gasteiger partial charge in [-0.2, -0.15) is 5.26 Å². The molecular formula is C24H17ClFN3O3. The molecule has 0 atom stereocenters. The van der Waals surface area contributed by atoms with Gasteiger partial charge in [0, 0.05) is 16.3 Å². The van der Waals surface area contributed by atoms with Crippen molar-refractivity contribution in [2.24, 2.45) is 0 Å². The van der Waals surface area contributed by atoms with Gasteiger partial charge < -0.3 is 15.4 Å². The maximum Gasteiger partial charge on any atom is 0.266 e. The number of benzene rings is 3. The predicted molar refractivity (Wildman–Crippen MR) is 121 cm³/mol. The van der Waals surface area contributed by atoms with Crippen molar-refractivity contribution in [2.75, 3.05) is 17.2 Å². The van der Waals surface area contributed by atoms with Crippen molar-refractivity contribution in [2.45, 2.75) is 0 Å². The third-order valence-corrected chi connectivity index (χ3v) is 4.41. The molecule has 6 nitrogen and oxygen atoms in total. The lowest BCUT2D eigenvalue weighted by atomic mass is 10.1. The average Bonchev–Trinajstić information content (AvgIpc) is 2.79. The first-order valence-electron chi connectivity index (χ1n) is 9.41. The van der Waals surface area contributed by atoms with Gasteiger partial charge in [-0.05, 0) is 48.5 Å². The highest BCUT2D eigenvalue weighted by Crippen LogP contribution is 2.26. The summed E-state index contributed by atoms with van der Waals surface area (Å²) in [5.74, 6) is -1.54. The number of hydrogen-bond acceptors (Lipinski definition) is 4. The van der Waals surface area contributed by atoms with E-state index in [0.717, 1.165) is 0 Å². The summed E-state index contributed by atoms with van der Waals surface area (Å²) < 4.78 is 19.2. The van der Waals surface area contributed by atoms with Gasteiger partial charge in [0.1, 0.15) is 23.2 Å². The van der Waals surface area contributed by atoms with Crippen LogP contribution in [0, 0.1) is 17.1 Å². The van der Waals surface area contributed by atoms with Crippen LogP contribution in [-0.2, 0) is 9.59 Å². The zero-order chi connectivity index (χ0) is 22.9. The Morgan fingerprint density at radius 2 is 1.75 bits per heavy atom. The molecule has 3 aromatic carbocycles. The van der Waals surface area contributed by atoms with Gasteiger partial charge in [0.15, 0.2) is 6.61 Å². The number of nitriles is 1. The van der Waals surface area contributed by atoms with E-state index < -0.39 is 24.2 Å². The van der Waals surface area contributed by atoms with Crippen LogP contribution in [0.2, 0.25) is 5.02 Å². The maximum absolute atomic E-state index is 13.7. The van der Waals surface area contributed by atoms with Crippen molar-refractivity contribution in [1.82, 2.24) is 0 Å². The van der Waals surface area contributed by atoms with Crippen molar-refractivity contribution in [3.05, 3.63) is 94.8 Å². The van der Waals surface area contributed by atoms with E-state index in [4.69, 9.17) is 16.3 Å². The van der Waals surface area contributed by atoms with Crippen molar-refractivity contribution in [3.63, 3.8) is 0 Å². The minimum Gasteiger partial charge on any atom is -0.483 e. The normalized spacial score (nSPS) is 10.7. The van der Waals surface area contributed by atoms with Crippen LogP contribution in [0.25, 0.3) is 6.08 Å². The number of nitrogens with zero attached hydrogens (tertiary/aromatic N) is 1. The van der Waals surface area contributed by atoms with Crippen LogP contribution < -0.4 is 15.4 Å². The Kier molecular flexibility index (Phi) is 7.57. The average molecular weight is 450 g/mol. The fourth-order valence-electron chi connectivity index (χ4n) is 2.68. The van der Waals surface area contributed by atoms with E-state index in [1.54, 1.807) is 42.5 Å². The molecule has 0 heterocycles. The van der Waals surface area contributed by atoms with Gasteiger partial charge in [-0.3, -0.25) is 9.59 Å². The maximum atomic E-state index is 13.7. The van der Waals surface area contributed by atoms with Crippen LogP contribution in [0.5, 0.6) is 5.75 Å². The molecule has 0 unspecified atom stereocenters. The van der Waals surface area contributed by atoms with E-state index in [1.165, 1.54) is 36.4 Å². The standard InChI is InChI=1S/C24H17ClFN3O3/c25-18-10-11-22(32-15-23(30)29-21-9-5-4-8-20(21)26)16(13-18)12-17(14-27)24(31)28-19-6-2-1-3-7-19/h1-13H,15H2,(H,28,31)(H,29,30). The van der Waals surface area contributed by atoms with Crippen molar-refractivity contribution < 1.29 is 18.7 Å². The van der Waals surface area contributed by atoms with Crippen LogP contribution in [-0.4, -0.2) is 18.4 Å². The van der Waals surface area contributed by atoms with E-state index in [2.05, 4.69) is 10.6 Å². The lowest BCUT2D eigenvalue weighted by Gasteiger charge is -2.11. The molecule has 0 bridgehead atoms. The zero-order valence-corrected chi connectivity index (χ0v) is 17.4. The molecule has 0 radical (unpaired) electrons. The van der Waals surface area contributed by atoms with E-state index in [1.807, 2.05) is 6.07 Å². The zero-order valence-electron chi connectivity index (χ0n) is 16.6. The third kappa shape index (κ3) is 6.17. The lowest BCUT2D eigenvalue weighted by molar-refractivity contribution is -0.118. The fourth-order valence-corrected chi connectivity index (χ4v) is 2.86. The molecule has 0 saturated carbocycles. The SMILES string of the molecule is N#CC(=Cc1cc(Cl)ccc1OCC(=O)Nc1ccccc1F)C(=O)Nc1ccccc1. The molecule has 0 aliphatic rings. The van der Waals surface area contributed by atoms with E-state index in [0.29, 0.717) is 16.3 Å². The monoisotopic (exact) mass is 449 g/mol. The summed E-state index contributed by atoms with van der Waals surface area (Å²) in [6.45, 7) is -0.422. The number of halogens is 2. The molecule has 0 spiro atoms. The largest absolute Gasteiger partial charge is 0.483 e. The van der Waals surface area contributed by atoms with Crippen LogP contribution >= 0.6 is 11.6 Å². The number of carbonyl (C=O) groups excluding carboxylic acids is 2. The summed E-state index contributed by atoms with van der Waals surface area (Å²) in [5.41, 5.74) is 0.709. The quantitative estimate of drug-likeness (QED) is 0.390. The van der Waals surface area contributed by atoms with Crippen molar-refractivity contribution in [1.29, 1.82) is 5.26 Å². The van der Waals surface area contributed by atoms with Gasteiger partial charge >= 0.3 is 0 Å². The molecule has 3 aromatic rings. The number of para-hydroxylation sites is 2. The van der Waals surface area contributed by atoms with E-state index >= 15 is 0 Å². The smallest absolute Gasteiger partial charge is 0.266 e. The minimum absolute atomic E-state index is 0.0293. The Bertz CT molecular complexity index is 1210. The molecule has 0 fully saturated rings. The number of hydrogen-bond donors (Lipinski definition) is 2. The highest BCUT2D eigenvalue weighted by Gasteiger charge is 2.13. The van der Waals surface area contributed by atoms with Gasteiger partial charge in [0.05, 0.1) is 5.69 Å². The van der Waals surface area contributed by atoms with Gasteiger partial charge in [0.2, 0.25) is 0 Å². The van der Waals surface area contributed by atoms with Crippen LogP contribution in [0.1, 0.15) is 5.56 Å². The summed E-state index contributed by atoms with van der Waals surface area (Å²) in [7, 11) is 0. The minimum atomic E-state index is -0.609. The number of amides is 2. The Morgan fingerprint density at radius 1 is 1.03 bits per heavy atom. The summed E-state index contributed by atoms with van der Waals surface area (Å²) in [4.78, 5) is 24.6. The Hall–Kier alpha value is -4.15. The summed E-state index contributed by atoms with van der Waals surface area (Å²) >= 11 is 6.05. The Balaban J connectivity index is 1.75. The summed E-state index contributed by atoms with van der Waals surface area (Å²) in [6.07, 6.45) is 1.31. The first-order valence-corrected chi connectivity index (χ1v) is 9.79. The van der Waals surface area contributed by atoms with Gasteiger partial charge in [-0.1, -0.05) is 41.9 Å². The highest BCUT2D eigenvalue weighted by atomic mass is 35.5. The molecule has 0 aliphatic heterocycles. The van der Waals surface area contributed by atoms with Gasteiger partial charge in [-0.25, -0.2) is 4.39 Å². The molecule has 160 valence electrons. The summed E-state index contributed by atoms with van der Waals surface area (Å²) in [5, 5.41) is 14.8. The van der Waals surface area contributed by atoms with E-state index in [9.17, 15) is 19.2 Å². The second-order valence-corrected chi connectivity index (χ2v) is 6.93. The molecule has 0 aromatic heterocycles. The second kappa shape index (κ2) is 10.8. The fraction of sp³-hybridized carbons (Fsp3) is 0.0417. The number of carbonyl (C=O) groups is 2. The van der Waals surface area contributed by atoms with Crippen LogP contribution in [0.3, 0.4) is 0 Å². The van der Waals surface area contributed by atoms with Crippen LogP contribution in [0.4, 0.5) is 15.8 Å². The summed E-state index contributed by atoms with van der Waals surface area (Å²) in [6, 6.07) is 20.8.